The minimum atomic E-state index is -0.480. The fourth-order valence-corrected chi connectivity index (χ4v) is 14.8. The minimum absolute atomic E-state index is 0.180. The number of hydrogen-bond acceptors (Lipinski definition) is 12. The summed E-state index contributed by atoms with van der Waals surface area (Å²) in [5.74, 6) is 4.62. The molecule has 4 amide bonds. The lowest BCUT2D eigenvalue weighted by Gasteiger charge is -2.34. The number of hydrogen-bond donors (Lipinski definition) is 2. The highest BCUT2D eigenvalue weighted by Gasteiger charge is 2.36. The number of ether oxygens (including phenoxy) is 4. The van der Waals surface area contributed by atoms with Crippen LogP contribution in [-0.2, 0) is 32.0 Å². The zero-order chi connectivity index (χ0) is 76.6. The first-order valence-electron chi connectivity index (χ1n) is 37.7. The number of aromatic amines is 2. The van der Waals surface area contributed by atoms with Crippen molar-refractivity contribution in [3.05, 3.63) is 116 Å². The van der Waals surface area contributed by atoms with Gasteiger partial charge in [0.25, 0.3) is 0 Å². The van der Waals surface area contributed by atoms with Gasteiger partial charge in [-0.3, -0.25) is 0 Å². The molecule has 0 aliphatic carbocycles. The van der Waals surface area contributed by atoms with Gasteiger partial charge in [-0.15, -0.1) is 0 Å². The Morgan fingerprint density at radius 3 is 1.15 bits per heavy atom. The van der Waals surface area contributed by atoms with Crippen LogP contribution in [0.3, 0.4) is 0 Å². The number of alkyl halides is 1. The molecule has 20 nitrogen and oxygen atoms in total. The van der Waals surface area contributed by atoms with Crippen LogP contribution in [0.4, 0.5) is 19.2 Å². The fraction of sp³-hybridized carbons (Fsp3) is 0.600. The van der Waals surface area contributed by atoms with E-state index in [9.17, 15) is 19.2 Å². The summed E-state index contributed by atoms with van der Waals surface area (Å²) < 4.78 is 26.7. The number of rotatable bonds is 12. The van der Waals surface area contributed by atoms with E-state index in [1.54, 1.807) is 9.80 Å². The number of benzene rings is 4. The molecule has 8 aromatic rings. The number of carbonyl (C=O) groups is 4. The van der Waals surface area contributed by atoms with Crippen molar-refractivity contribution in [2.24, 2.45) is 0 Å². The van der Waals surface area contributed by atoms with Crippen molar-refractivity contribution in [3.8, 4) is 0 Å². The van der Waals surface area contributed by atoms with Gasteiger partial charge < -0.3 is 57.6 Å². The molecule has 2 N–H and O–H groups in total. The number of imidazole rings is 4. The average Bonchev–Trinajstić information content (AvgIpc) is 1.61. The van der Waals surface area contributed by atoms with Crippen LogP contribution in [0.5, 0.6) is 0 Å². The highest BCUT2D eigenvalue weighted by atomic mass is 79.9. The van der Waals surface area contributed by atoms with Crippen LogP contribution in [0, 0.1) is 0 Å². The van der Waals surface area contributed by atoms with Crippen LogP contribution < -0.4 is 0 Å². The molecule has 4 aromatic heterocycles. The van der Waals surface area contributed by atoms with Gasteiger partial charge in [0.2, 0.25) is 0 Å². The maximum absolute atomic E-state index is 12.5. The number of likely N-dealkylation sites (tertiary alicyclic amines) is 4. The molecule has 25 heteroatoms. The Labute approximate surface area is 650 Å². The Kier molecular flexibility index (Phi) is 30.5. The number of halogens is 5. The Morgan fingerprint density at radius 1 is 0.438 bits per heavy atom. The van der Waals surface area contributed by atoms with Crippen LogP contribution in [0.1, 0.15) is 241 Å². The van der Waals surface area contributed by atoms with E-state index in [4.69, 9.17) is 75.3 Å². The third-order valence-electron chi connectivity index (χ3n) is 18.2. The Balaban J connectivity index is 0.000000173. The zero-order valence-electron chi connectivity index (χ0n) is 64.5. The summed E-state index contributed by atoms with van der Waals surface area (Å²) in [5.41, 5.74) is 5.42. The number of nitrogens with zero attached hydrogens (tertiary/aromatic N) is 10. The van der Waals surface area contributed by atoms with E-state index >= 15 is 0 Å². The van der Waals surface area contributed by atoms with Gasteiger partial charge in [0.15, 0.2) is 0 Å². The van der Waals surface area contributed by atoms with Gasteiger partial charge in [-0.2, -0.15) is 0 Å². The number of aromatic nitrogens is 8. The lowest BCUT2D eigenvalue weighted by Crippen LogP contribution is -2.42. The van der Waals surface area contributed by atoms with Crippen LogP contribution in [0.2, 0.25) is 20.1 Å². The van der Waals surface area contributed by atoms with Gasteiger partial charge in [-0.1, -0.05) is 127 Å². The number of carbonyl (C=O) groups excluding carboxylic acids is 4. The predicted molar refractivity (Wildman–Crippen MR) is 429 cm³/mol. The lowest BCUT2D eigenvalue weighted by molar-refractivity contribution is 0.0185. The van der Waals surface area contributed by atoms with Crippen LogP contribution in [0.15, 0.2) is 72.8 Å². The van der Waals surface area contributed by atoms with Gasteiger partial charge in [0, 0.05) is 94.4 Å². The summed E-state index contributed by atoms with van der Waals surface area (Å²) in [7, 11) is 0. The van der Waals surface area contributed by atoms with Crippen molar-refractivity contribution in [2.75, 3.05) is 57.7 Å². The van der Waals surface area contributed by atoms with Crippen molar-refractivity contribution in [2.45, 2.75) is 253 Å². The molecule has 12 rings (SSSR count). The Hall–Kier alpha value is -6.52. The van der Waals surface area contributed by atoms with E-state index in [1.165, 1.54) is 12.8 Å². The standard InChI is InChI=1S/2C21H30ClN3O2.2C17H22ClN3O2.C4H9Br/c1-5-6-13-25-17-11-7-10-16(22)18(17)23-19(25)15-9-8-12-24(14-15)20(26)27-21(2,3)4;1-5-6-13-25-18-16(22)10-7-11-17(18)23-19(25)15-9-8-12-24(14-15)20(26)27-21(2,3)4;2*1-17(2,3)23-16(22)21-9-5-6-11(10-21)15-19-13-8-4-7-12(18)14(13)20-15;1-2-3-4-5/h2*7,10-11,15H,5-6,8-9,12-14H2,1-4H3;2*4,7-8,11H,5-6,9-10H2,1-3H3,(H,19,20);2-4H2,1H3/t2*15-;2*11-;/m1111./s1. The van der Waals surface area contributed by atoms with Gasteiger partial charge in [-0.05, 0) is 202 Å². The number of piperidine rings is 4. The monoisotopic (exact) mass is 1590 g/mol. The van der Waals surface area contributed by atoms with E-state index in [0.717, 1.165) is 194 Å². The molecule has 0 bridgehead atoms. The summed E-state index contributed by atoms with van der Waals surface area (Å²) in [5, 5.41) is 3.87. The van der Waals surface area contributed by atoms with Crippen LogP contribution >= 0.6 is 62.3 Å². The number of fused-ring (bicyclic) bond motifs is 4. The fourth-order valence-electron chi connectivity index (χ4n) is 13.3. The molecule has 0 saturated carbocycles. The van der Waals surface area contributed by atoms with Crippen molar-refractivity contribution >= 4 is 131 Å². The summed E-state index contributed by atoms with van der Waals surface area (Å²) in [6, 6.07) is 23.2. The summed E-state index contributed by atoms with van der Waals surface area (Å²) in [4.78, 5) is 82.6. The first-order chi connectivity index (χ1) is 49.7. The maximum Gasteiger partial charge on any atom is 0.410 e. The van der Waals surface area contributed by atoms with Gasteiger partial charge in [0.1, 0.15) is 62.3 Å². The number of amides is 4. The van der Waals surface area contributed by atoms with E-state index in [2.05, 4.69) is 71.8 Å². The number of aryl methyl sites for hydroxylation is 2. The number of para-hydroxylation sites is 4. The highest BCUT2D eigenvalue weighted by molar-refractivity contribution is 9.09. The smallest absolute Gasteiger partial charge is 0.410 e. The molecule has 8 heterocycles. The predicted octanol–water partition coefficient (Wildman–Crippen LogP) is 22.1. The molecule has 4 saturated heterocycles. The van der Waals surface area contributed by atoms with E-state index < -0.39 is 22.4 Å². The van der Waals surface area contributed by atoms with Crippen molar-refractivity contribution in [1.82, 2.24) is 58.6 Å². The van der Waals surface area contributed by atoms with E-state index in [-0.39, 0.29) is 48.0 Å². The van der Waals surface area contributed by atoms with Crippen molar-refractivity contribution in [1.29, 1.82) is 0 Å². The molecule has 4 aliphatic heterocycles. The van der Waals surface area contributed by atoms with Crippen LogP contribution in [0.25, 0.3) is 44.1 Å². The second-order valence-electron chi connectivity index (χ2n) is 31.8. The largest absolute Gasteiger partial charge is 0.444 e. The van der Waals surface area contributed by atoms with Gasteiger partial charge in [-0.25, -0.2) is 39.1 Å². The molecule has 4 fully saturated rings. The summed E-state index contributed by atoms with van der Waals surface area (Å²) in [6.07, 6.45) is 13.8. The normalized spacial score (nSPS) is 18.1. The second kappa shape index (κ2) is 38.0. The lowest BCUT2D eigenvalue weighted by atomic mass is 9.97. The van der Waals surface area contributed by atoms with Gasteiger partial charge in [0.05, 0.1) is 47.7 Å². The number of unbranched alkanes of at least 4 members (excludes halogenated alkanes) is 3. The van der Waals surface area contributed by atoms with E-state index in [1.807, 2.05) is 160 Å². The highest BCUT2D eigenvalue weighted by Crippen LogP contribution is 2.37. The van der Waals surface area contributed by atoms with Gasteiger partial charge >= 0.3 is 24.4 Å². The summed E-state index contributed by atoms with van der Waals surface area (Å²) in [6.45, 7) is 36.5. The molecular weight excluding hydrogens is 1480 g/mol. The first kappa shape index (κ1) is 84.1. The molecule has 0 radical (unpaired) electrons. The zero-order valence-corrected chi connectivity index (χ0v) is 69.2. The molecule has 4 aromatic carbocycles. The average molecular weight is 1590 g/mol. The molecule has 0 unspecified atom stereocenters. The molecule has 4 aliphatic rings. The third kappa shape index (κ3) is 24.2. The first-order valence-corrected chi connectivity index (χ1v) is 40.4. The maximum atomic E-state index is 12.5. The second-order valence-corrected chi connectivity index (χ2v) is 34.2. The molecular formula is C80H113BrCl4N12O8. The summed E-state index contributed by atoms with van der Waals surface area (Å²) >= 11 is 28.6. The molecule has 105 heavy (non-hydrogen) atoms. The topological polar surface area (TPSA) is 211 Å². The Morgan fingerprint density at radius 2 is 0.781 bits per heavy atom. The molecule has 4 atom stereocenters. The minimum Gasteiger partial charge on any atom is -0.444 e. The molecule has 0 spiro atoms. The van der Waals surface area contributed by atoms with E-state index in [0.29, 0.717) is 41.2 Å². The third-order valence-corrected chi connectivity index (χ3v) is 20.0. The van der Waals surface area contributed by atoms with Crippen molar-refractivity contribution in [3.63, 3.8) is 0 Å². The van der Waals surface area contributed by atoms with Crippen molar-refractivity contribution < 1.29 is 38.1 Å². The van der Waals surface area contributed by atoms with Crippen LogP contribution in [-0.4, -0.2) is 163 Å². The molecule has 576 valence electrons. The number of nitrogens with one attached hydrogen (secondary N) is 2. The quantitative estimate of drug-likeness (QED) is 0.0864. The SMILES string of the molecule is CC(C)(C)OC(=O)N1CCC[C@@H](c2nc3c(Cl)cccc3[nH]2)C1.CC(C)(C)OC(=O)N1CCC[C@@H](c2nc3c(Cl)cccc3[nH]2)C1.CCCCBr.CCCCn1c([C@@H]2CCCN(C(=O)OC(C)(C)C)C2)nc2c(Cl)cccc21.CCCCn1c([C@@H]2CCCN(C(=O)OC(C)(C)C)C2)nc2cccc(Cl)c21. The number of H-pyrrole nitrogens is 2. The Bertz CT molecular complexity index is 3990.